The van der Waals surface area contributed by atoms with Gasteiger partial charge in [0.2, 0.25) is 5.36 Å². The molecule has 2 amide bonds. The van der Waals surface area contributed by atoms with E-state index in [-0.39, 0.29) is 130 Å². The van der Waals surface area contributed by atoms with E-state index in [2.05, 4.69) is 0 Å². The van der Waals surface area contributed by atoms with Crippen molar-refractivity contribution in [2.75, 3.05) is 116 Å². The van der Waals surface area contributed by atoms with E-state index in [4.69, 9.17) is 37.7 Å². The molecule has 0 aromatic heterocycles. The number of hydrogen-bond donors (Lipinski definition) is 0. The van der Waals surface area contributed by atoms with E-state index in [1.807, 2.05) is 49.6 Å². The molecule has 0 bridgehead atoms. The molecule has 80 heavy (non-hydrogen) atoms. The van der Waals surface area contributed by atoms with Gasteiger partial charge in [-0.2, -0.15) is 0 Å². The predicted molar refractivity (Wildman–Crippen MR) is 281 cm³/mol. The Hall–Kier alpha value is -2.97. The van der Waals surface area contributed by atoms with Crippen molar-refractivity contribution in [2.24, 2.45) is 0 Å². The second-order valence-electron chi connectivity index (χ2n) is 19.7. The number of carbonyl (C=O) groups excluding carboxylic acids is 3. The van der Waals surface area contributed by atoms with E-state index >= 15 is 0 Å². The number of fused-ring (bicyclic) bond motifs is 2. The third-order valence-corrected chi connectivity index (χ3v) is 15.1. The molecule has 1 unspecified atom stereocenters. The monoisotopic (exact) mass is 1200 g/mol. The van der Waals surface area contributed by atoms with Crippen LogP contribution < -0.4 is 73.9 Å². The maximum Gasteiger partial charge on any atom is 1.00 e. The molecule has 1 aromatic carbocycles. The van der Waals surface area contributed by atoms with E-state index in [1.54, 1.807) is 37.2 Å². The van der Waals surface area contributed by atoms with Gasteiger partial charge in [0.1, 0.15) is 34.8 Å². The van der Waals surface area contributed by atoms with Crippen LogP contribution in [0.3, 0.4) is 0 Å². The number of ether oxygens (including phenoxy) is 6. The number of methoxy groups -OCH3 is 1. The number of amides is 2. The van der Waals surface area contributed by atoms with Gasteiger partial charge in [-0.3, -0.25) is 9.59 Å². The predicted octanol–water partition coefficient (Wildman–Crippen LogP) is -2.58. The standard InChI is InChI=1S/C52H73N3O20S3.2Na/c1-51(2,3)43-37-40(74-46-36-39(13-15-42(43)46)53(20-8-34-76(59,60)61)22-23-69-26-27-71-30-31-73-33-32-72-29-28-70-25-24-68-5)10-6-11-47-52(4,19-7-12-50(58)75-55-48(56)17-18-49(55)57)44-38-41(78(65,66)67)14-16-45(44)54(47)21-9-35-77(62,63)64;;/h6,10-11,13-16,36-38H,7-9,12,17-35H2,1-5H3,(H2-,59,60,61,62,63,64,65,66,67);;/q;2*+1/p-2. The van der Waals surface area contributed by atoms with Gasteiger partial charge in [-0.05, 0) is 85.2 Å². The number of anilines is 1. The van der Waals surface area contributed by atoms with Crippen LogP contribution in [0.25, 0.3) is 17.4 Å². The molecule has 0 N–H and O–H groups in total. The fourth-order valence-electron chi connectivity index (χ4n) is 8.91. The molecule has 1 aliphatic carbocycles. The van der Waals surface area contributed by atoms with Crippen molar-refractivity contribution < 1.29 is 150 Å². The van der Waals surface area contributed by atoms with Crippen molar-refractivity contribution in [3.8, 4) is 11.3 Å². The summed E-state index contributed by atoms with van der Waals surface area (Å²) in [6.45, 7) is 12.7. The Kier molecular flexibility index (Phi) is 29.9. The molecule has 3 heterocycles. The molecule has 1 aromatic rings. The number of benzene rings is 2. The van der Waals surface area contributed by atoms with Crippen molar-refractivity contribution in [1.82, 2.24) is 9.64 Å². The van der Waals surface area contributed by atoms with Crippen LogP contribution in [0.15, 0.2) is 69.6 Å². The van der Waals surface area contributed by atoms with Crippen LogP contribution in [0.2, 0.25) is 0 Å². The van der Waals surface area contributed by atoms with Crippen LogP contribution in [0.1, 0.15) is 89.5 Å². The first-order chi connectivity index (χ1) is 36.8. The van der Waals surface area contributed by atoms with Crippen LogP contribution in [-0.4, -0.2) is 173 Å². The maximum absolute atomic E-state index is 12.9. The summed E-state index contributed by atoms with van der Waals surface area (Å²) in [7, 11) is -12.5. The van der Waals surface area contributed by atoms with Crippen molar-refractivity contribution in [3.63, 3.8) is 0 Å². The van der Waals surface area contributed by atoms with Crippen molar-refractivity contribution in [2.45, 2.75) is 88.4 Å². The summed E-state index contributed by atoms with van der Waals surface area (Å²) < 4.78 is 148. The molecule has 1 fully saturated rings. The molecule has 1 atom stereocenters. The van der Waals surface area contributed by atoms with E-state index in [1.165, 1.54) is 12.1 Å². The number of imide groups is 1. The summed E-state index contributed by atoms with van der Waals surface area (Å²) in [5.41, 5.74) is 1.39. The van der Waals surface area contributed by atoms with Gasteiger partial charge in [0, 0.05) is 79.3 Å². The largest absolute Gasteiger partial charge is 1.00 e. The fraction of sp³-hybridized carbons (Fsp3) is 0.577. The topological polar surface area (TPSA) is 310 Å². The molecule has 0 radical (unpaired) electrons. The Morgan fingerprint density at radius 2 is 1.30 bits per heavy atom. The number of carbonyl (C=O) groups is 3. The number of hydroxylamine groups is 2. The first-order valence-corrected chi connectivity index (χ1v) is 30.1. The zero-order chi connectivity index (χ0) is 57.2. The summed E-state index contributed by atoms with van der Waals surface area (Å²) in [5.74, 6) is -2.59. The van der Waals surface area contributed by atoms with Crippen LogP contribution in [0.4, 0.5) is 5.69 Å². The van der Waals surface area contributed by atoms with Gasteiger partial charge in [-0.25, -0.2) is 34.6 Å². The Balaban J connectivity index is 0.00000840. The Morgan fingerprint density at radius 1 is 0.738 bits per heavy atom. The van der Waals surface area contributed by atoms with Gasteiger partial charge in [-0.1, -0.05) is 26.8 Å². The normalized spacial score (nSPS) is 16.9. The Bertz CT molecular complexity index is 2970. The second kappa shape index (κ2) is 33.5. The average Bonchev–Trinajstić information content (AvgIpc) is 3.79. The van der Waals surface area contributed by atoms with Gasteiger partial charge in [0.25, 0.3) is 11.8 Å². The number of hydrogen-bond acceptors (Lipinski definition) is 21. The van der Waals surface area contributed by atoms with E-state index in [0.717, 1.165) is 17.2 Å². The summed E-state index contributed by atoms with van der Waals surface area (Å²) in [5, 5.41) is 1.10. The summed E-state index contributed by atoms with van der Waals surface area (Å²) in [6.07, 6.45) is 4.71. The molecule has 4 aliphatic rings. The minimum absolute atomic E-state index is 0. The quantitative estimate of drug-likeness (QED) is 0.0195. The van der Waals surface area contributed by atoms with Crippen molar-refractivity contribution in [1.29, 1.82) is 0 Å². The van der Waals surface area contributed by atoms with E-state index in [0.29, 0.717) is 105 Å². The molecular formula is C52H71N3Na2O20S3. The van der Waals surface area contributed by atoms with Gasteiger partial charge >= 0.3 is 65.1 Å². The molecule has 0 spiro atoms. The molecule has 434 valence electrons. The molecular weight excluding hydrogens is 1130 g/mol. The zero-order valence-corrected chi connectivity index (χ0v) is 53.2. The molecule has 0 saturated carbocycles. The first kappa shape index (κ1) is 71.3. The molecule has 23 nitrogen and oxygen atoms in total. The summed E-state index contributed by atoms with van der Waals surface area (Å²) in [4.78, 5) is 43.4. The molecule has 5 rings (SSSR count). The SMILES string of the molecule is COCCOCCOCCOCCOCCOCC[N+](CCCS(=O)(=O)[O-])=c1ccc2c(C(C)(C)C)cc(/C=C/C=C3/N(CCCS(=O)(=O)[O-])c4ccc(S(=O)(=O)[O-])cc4C3(C)CCCC(=O)ON3C(=O)CCC3=O)oc-2c1.[Na+].[Na+]. The van der Waals surface area contributed by atoms with Gasteiger partial charge in [0.05, 0.1) is 97.3 Å². The molecule has 3 aliphatic heterocycles. The van der Waals surface area contributed by atoms with Crippen LogP contribution >= 0.6 is 0 Å². The molecule has 28 heteroatoms. The minimum atomic E-state index is -4.97. The van der Waals surface area contributed by atoms with Crippen LogP contribution in [0, 0.1) is 0 Å². The third kappa shape index (κ3) is 22.9. The van der Waals surface area contributed by atoms with Gasteiger partial charge < -0.3 is 56.2 Å². The third-order valence-electron chi connectivity index (χ3n) is 12.7. The van der Waals surface area contributed by atoms with E-state index in [9.17, 15) is 53.3 Å². The Morgan fingerprint density at radius 3 is 1.85 bits per heavy atom. The maximum atomic E-state index is 12.9. The van der Waals surface area contributed by atoms with Crippen LogP contribution in [0.5, 0.6) is 0 Å². The summed E-state index contributed by atoms with van der Waals surface area (Å²) in [6, 6.07) is 11.3. The fourth-order valence-corrected chi connectivity index (χ4v) is 10.4. The van der Waals surface area contributed by atoms with Crippen molar-refractivity contribution in [3.05, 3.63) is 82.6 Å². The number of allylic oxidation sites excluding steroid dienone is 3. The second-order valence-corrected chi connectivity index (χ2v) is 24.1. The van der Waals surface area contributed by atoms with Gasteiger partial charge in [-0.15, -0.1) is 5.06 Å². The number of nitrogens with zero attached hydrogens (tertiary/aromatic N) is 3. The summed E-state index contributed by atoms with van der Waals surface area (Å²) >= 11 is 0. The number of rotatable bonds is 34. The van der Waals surface area contributed by atoms with Crippen molar-refractivity contribution >= 4 is 59.9 Å². The molecule has 1 saturated heterocycles. The van der Waals surface area contributed by atoms with Gasteiger partial charge in [0.15, 0.2) is 6.54 Å². The first-order valence-electron chi connectivity index (χ1n) is 25.6. The Labute approximate surface area is 513 Å². The van der Waals surface area contributed by atoms with E-state index < -0.39 is 75.4 Å². The average molecular weight is 1200 g/mol. The smallest absolute Gasteiger partial charge is 0.748 e. The zero-order valence-electron chi connectivity index (χ0n) is 46.8. The van der Waals surface area contributed by atoms with Crippen LogP contribution in [-0.2, 0) is 88.8 Å². The minimum Gasteiger partial charge on any atom is -0.748 e.